The molecule has 2 heterocycles. The van der Waals surface area contributed by atoms with Crippen LogP contribution >= 0.6 is 0 Å². The van der Waals surface area contributed by atoms with Crippen LogP contribution in [0.1, 0.15) is 31.0 Å². The molecule has 4 rings (SSSR count). The van der Waals surface area contributed by atoms with E-state index in [0.717, 1.165) is 28.0 Å². The third kappa shape index (κ3) is 4.33. The van der Waals surface area contributed by atoms with Gasteiger partial charge >= 0.3 is 0 Å². The molecule has 2 N–H and O–H groups in total. The van der Waals surface area contributed by atoms with Gasteiger partial charge in [0, 0.05) is 42.8 Å². The lowest BCUT2D eigenvalue weighted by Gasteiger charge is -2.21. The van der Waals surface area contributed by atoms with Gasteiger partial charge in [0.1, 0.15) is 17.4 Å². The first-order valence-corrected chi connectivity index (χ1v) is 11.1. The summed E-state index contributed by atoms with van der Waals surface area (Å²) in [5.41, 5.74) is 9.35. The molecule has 0 aliphatic heterocycles. The maximum atomic E-state index is 13.9. The predicted molar refractivity (Wildman–Crippen MR) is 136 cm³/mol. The van der Waals surface area contributed by atoms with Crippen molar-refractivity contribution in [1.82, 2.24) is 9.55 Å². The van der Waals surface area contributed by atoms with Crippen LogP contribution in [0.25, 0.3) is 22.0 Å². The summed E-state index contributed by atoms with van der Waals surface area (Å²) in [6.45, 7) is 6.37. The first-order chi connectivity index (χ1) is 16.2. The normalized spacial score (nSPS) is 11.3. The number of methoxy groups -OCH3 is 1. The summed E-state index contributed by atoms with van der Waals surface area (Å²) in [7, 11) is 3.61. The Hall–Kier alpha value is -3.87. The topological polar surface area (TPSA) is 73.4 Å². The molecule has 0 fully saturated rings. The second-order valence-corrected chi connectivity index (χ2v) is 8.82. The number of aromatic nitrogens is 2. The summed E-state index contributed by atoms with van der Waals surface area (Å²) in [6, 6.07) is 14.5. The second kappa shape index (κ2) is 9.17. The number of hydrogen-bond acceptors (Lipinski definition) is 5. The molecule has 0 amide bonds. The van der Waals surface area contributed by atoms with Crippen molar-refractivity contribution in [2.75, 3.05) is 24.8 Å². The average Bonchev–Trinajstić information content (AvgIpc) is 2.81. The van der Waals surface area contributed by atoms with Crippen molar-refractivity contribution in [3.05, 3.63) is 82.0 Å². The van der Waals surface area contributed by atoms with E-state index in [2.05, 4.69) is 4.98 Å². The van der Waals surface area contributed by atoms with Crippen molar-refractivity contribution < 1.29 is 9.13 Å². The third-order valence-electron chi connectivity index (χ3n) is 6.03. The average molecular weight is 461 g/mol. The minimum Gasteiger partial charge on any atom is -0.497 e. The van der Waals surface area contributed by atoms with Gasteiger partial charge in [0.15, 0.2) is 0 Å². The smallest absolute Gasteiger partial charge is 0.259 e. The molecule has 0 atom stereocenters. The molecular weight excluding hydrogens is 431 g/mol. The summed E-state index contributed by atoms with van der Waals surface area (Å²) in [5, 5.41) is 0.826. The summed E-state index contributed by atoms with van der Waals surface area (Å²) < 4.78 is 20.9. The molecule has 4 aromatic rings. The van der Waals surface area contributed by atoms with Gasteiger partial charge in [0.2, 0.25) is 0 Å². The van der Waals surface area contributed by atoms with Gasteiger partial charge in [0.05, 0.1) is 18.3 Å². The Labute approximate surface area is 198 Å². The fraction of sp³-hybridized carbons (Fsp3) is 0.259. The largest absolute Gasteiger partial charge is 0.497 e. The van der Waals surface area contributed by atoms with Gasteiger partial charge in [-0.25, -0.2) is 9.37 Å². The Morgan fingerprint density at radius 3 is 2.47 bits per heavy atom. The number of aryl methyl sites for hydroxylation is 1. The molecule has 2 aromatic heterocycles. The summed E-state index contributed by atoms with van der Waals surface area (Å²) in [4.78, 5) is 20.3. The Kier molecular flexibility index (Phi) is 6.28. The molecule has 0 aliphatic rings. The van der Waals surface area contributed by atoms with Crippen molar-refractivity contribution in [3.8, 4) is 16.9 Å². The van der Waals surface area contributed by atoms with Gasteiger partial charge < -0.3 is 19.9 Å². The maximum absolute atomic E-state index is 13.9. The Morgan fingerprint density at radius 2 is 1.82 bits per heavy atom. The Balaban J connectivity index is 1.80. The minimum absolute atomic E-state index is 0.0184. The number of nitrogens with two attached hydrogens (primary N) is 1. The van der Waals surface area contributed by atoms with Crippen LogP contribution < -0.4 is 20.9 Å². The van der Waals surface area contributed by atoms with Gasteiger partial charge in [-0.05, 0) is 67.8 Å². The quantitative estimate of drug-likeness (QED) is 0.394. The monoisotopic (exact) mass is 460 g/mol. The van der Waals surface area contributed by atoms with Crippen LogP contribution in [0.4, 0.5) is 15.9 Å². The third-order valence-corrected chi connectivity index (χ3v) is 6.03. The van der Waals surface area contributed by atoms with Crippen molar-refractivity contribution in [2.45, 2.75) is 33.4 Å². The highest BCUT2D eigenvalue weighted by Gasteiger charge is 2.17. The Bertz CT molecular complexity index is 1410. The van der Waals surface area contributed by atoms with Crippen LogP contribution in [0.5, 0.6) is 5.75 Å². The van der Waals surface area contributed by atoms with E-state index in [0.29, 0.717) is 23.2 Å². The van der Waals surface area contributed by atoms with E-state index in [1.54, 1.807) is 24.8 Å². The van der Waals surface area contributed by atoms with Crippen LogP contribution in [-0.2, 0) is 6.54 Å². The van der Waals surface area contributed by atoms with Crippen molar-refractivity contribution >= 4 is 22.4 Å². The van der Waals surface area contributed by atoms with E-state index in [1.165, 1.54) is 12.1 Å². The number of benzene rings is 2. The molecule has 0 bridgehead atoms. The second-order valence-electron chi connectivity index (χ2n) is 8.82. The van der Waals surface area contributed by atoms with E-state index < -0.39 is 5.82 Å². The molecule has 2 aromatic carbocycles. The van der Waals surface area contributed by atoms with Gasteiger partial charge in [-0.2, -0.15) is 0 Å². The van der Waals surface area contributed by atoms with Gasteiger partial charge in [0.25, 0.3) is 5.56 Å². The van der Waals surface area contributed by atoms with E-state index in [4.69, 9.17) is 10.5 Å². The molecule has 0 radical (unpaired) electrons. The first kappa shape index (κ1) is 23.3. The van der Waals surface area contributed by atoms with Crippen LogP contribution in [0, 0.1) is 12.7 Å². The highest BCUT2D eigenvalue weighted by molar-refractivity contribution is 5.86. The molecule has 176 valence electrons. The molecule has 0 saturated heterocycles. The van der Waals surface area contributed by atoms with Crippen LogP contribution in [0.2, 0.25) is 0 Å². The number of nitrogen functional groups attached to an aromatic ring is 1. The lowest BCUT2D eigenvalue weighted by Crippen LogP contribution is -2.25. The number of nitrogens with zero attached hydrogens (tertiary/aromatic N) is 3. The van der Waals surface area contributed by atoms with Gasteiger partial charge in [-0.1, -0.05) is 12.1 Å². The van der Waals surface area contributed by atoms with Crippen molar-refractivity contribution in [1.29, 1.82) is 0 Å². The zero-order valence-electron chi connectivity index (χ0n) is 20.1. The summed E-state index contributed by atoms with van der Waals surface area (Å²) in [6.07, 6.45) is 1.78. The van der Waals surface area contributed by atoms with Crippen LogP contribution in [0.3, 0.4) is 0 Å². The number of pyridine rings is 2. The molecule has 6 nitrogen and oxygen atoms in total. The maximum Gasteiger partial charge on any atom is 0.259 e. The molecule has 0 aliphatic carbocycles. The van der Waals surface area contributed by atoms with Crippen LogP contribution in [-0.4, -0.2) is 23.7 Å². The number of rotatable bonds is 6. The molecule has 34 heavy (non-hydrogen) atoms. The highest BCUT2D eigenvalue weighted by atomic mass is 19.1. The van der Waals surface area contributed by atoms with E-state index >= 15 is 0 Å². The zero-order chi connectivity index (χ0) is 24.6. The molecule has 0 spiro atoms. The fourth-order valence-corrected chi connectivity index (χ4v) is 4.20. The number of ether oxygens (including phenoxy) is 1. The molecule has 0 saturated carbocycles. The Morgan fingerprint density at radius 1 is 1.12 bits per heavy atom. The lowest BCUT2D eigenvalue weighted by atomic mass is 9.99. The van der Waals surface area contributed by atoms with Crippen molar-refractivity contribution in [2.24, 2.45) is 0 Å². The fourth-order valence-electron chi connectivity index (χ4n) is 4.20. The molecular formula is C27H29FN4O2. The van der Waals surface area contributed by atoms with E-state index in [-0.39, 0.29) is 17.3 Å². The van der Waals surface area contributed by atoms with Crippen LogP contribution in [0.15, 0.2) is 59.5 Å². The van der Waals surface area contributed by atoms with E-state index in [9.17, 15) is 9.18 Å². The lowest BCUT2D eigenvalue weighted by molar-refractivity contribution is 0.414. The molecule has 7 heteroatoms. The molecule has 0 unspecified atom stereocenters. The highest BCUT2D eigenvalue weighted by Crippen LogP contribution is 2.29. The first-order valence-electron chi connectivity index (χ1n) is 11.1. The van der Waals surface area contributed by atoms with Crippen molar-refractivity contribution in [3.63, 3.8) is 0 Å². The summed E-state index contributed by atoms with van der Waals surface area (Å²) in [5.74, 6) is 1.08. The SMILES string of the molecule is COc1ccc(CN(C)c2cc3c(cn2)cc(-c2cc(N)c(F)cc2C)c(=O)n3C(C)C)cc1. The number of fused-ring (bicyclic) bond motifs is 1. The van der Waals surface area contributed by atoms with Gasteiger partial charge in [-0.15, -0.1) is 0 Å². The van der Waals surface area contributed by atoms with Gasteiger partial charge in [-0.3, -0.25) is 4.79 Å². The summed E-state index contributed by atoms with van der Waals surface area (Å²) >= 11 is 0. The predicted octanol–water partition coefficient (Wildman–Crippen LogP) is 5.32. The number of anilines is 2. The van der Waals surface area contributed by atoms with E-state index in [1.807, 2.05) is 62.2 Å². The minimum atomic E-state index is -0.488. The number of hydrogen-bond donors (Lipinski definition) is 1. The standard InChI is InChI=1S/C27H29FN4O2/c1-16(2)32-25-13-26(31(4)15-18-6-8-20(34-5)9-7-18)30-14-19(25)11-22(27(32)33)21-12-24(29)23(28)10-17(21)3/h6-14,16H,15,29H2,1-5H3. The number of halogens is 1. The zero-order valence-corrected chi connectivity index (χ0v) is 20.1.